The lowest BCUT2D eigenvalue weighted by atomic mass is 9.97. The zero-order valence-electron chi connectivity index (χ0n) is 26.3. The Kier molecular flexibility index (Phi) is 11.6. The van der Waals surface area contributed by atoms with Crippen molar-refractivity contribution in [2.75, 3.05) is 0 Å². The maximum Gasteiger partial charge on any atom is 0.192 e. The van der Waals surface area contributed by atoms with Gasteiger partial charge in [-0.15, -0.1) is 11.8 Å². The molecule has 4 atom stereocenters. The zero-order valence-corrected chi connectivity index (χ0v) is 30.7. The van der Waals surface area contributed by atoms with Crippen molar-refractivity contribution in [3.8, 4) is 0 Å². The monoisotopic (exact) mass is 626 g/mol. The van der Waals surface area contributed by atoms with Gasteiger partial charge in [0, 0.05) is 10.1 Å². The van der Waals surface area contributed by atoms with Crippen molar-refractivity contribution in [2.45, 2.75) is 126 Å². The highest BCUT2D eigenvalue weighted by atomic mass is 35.5. The third-order valence-corrected chi connectivity index (χ3v) is 19.9. The van der Waals surface area contributed by atoms with E-state index in [2.05, 4.69) is 130 Å². The Morgan fingerprint density at radius 2 is 1.08 bits per heavy atom. The maximum atomic E-state index is 6.65. The SMILES string of the molecule is CC(C=CC1(SC2(C=CC(C)O[Si](C)(C)C(C)(C)C)C=CC(Cl)=CC2)C=CC(Cl)=CC1)O[Si](C)(C)C(C)(C)C. The minimum atomic E-state index is -1.88. The average Bonchev–Trinajstić information content (AvgIpc) is 2.78. The first-order chi connectivity index (χ1) is 17.6. The summed E-state index contributed by atoms with van der Waals surface area (Å²) in [5, 5.41) is 1.90. The van der Waals surface area contributed by atoms with Crippen molar-refractivity contribution in [3.63, 3.8) is 0 Å². The molecule has 2 aliphatic rings. The molecule has 2 rings (SSSR count). The summed E-state index contributed by atoms with van der Waals surface area (Å²) in [4.78, 5) is 0. The second-order valence-corrected chi connectivity index (χ2v) is 26.3. The van der Waals surface area contributed by atoms with Crippen LogP contribution in [-0.4, -0.2) is 38.3 Å². The normalized spacial score (nSPS) is 26.7. The molecule has 0 spiro atoms. The fraction of sp³-hybridized carbons (Fsp3) is 0.625. The third-order valence-electron chi connectivity index (χ3n) is 8.53. The molecule has 39 heavy (non-hydrogen) atoms. The van der Waals surface area contributed by atoms with Crippen molar-refractivity contribution >= 4 is 51.6 Å². The summed E-state index contributed by atoms with van der Waals surface area (Å²) in [6.07, 6.45) is 23.6. The Morgan fingerprint density at radius 1 is 0.744 bits per heavy atom. The molecule has 0 radical (unpaired) electrons. The molecule has 0 saturated heterocycles. The highest BCUT2D eigenvalue weighted by molar-refractivity contribution is 8.02. The van der Waals surface area contributed by atoms with Gasteiger partial charge in [-0.25, -0.2) is 0 Å². The molecular weight excluding hydrogens is 575 g/mol. The summed E-state index contributed by atoms with van der Waals surface area (Å²) in [6, 6.07) is 0. The van der Waals surface area contributed by atoms with Gasteiger partial charge in [-0.05, 0) is 75.1 Å². The second kappa shape index (κ2) is 12.9. The Labute approximate surface area is 256 Å². The fourth-order valence-corrected chi connectivity index (χ4v) is 8.62. The second-order valence-electron chi connectivity index (χ2n) is 14.1. The number of thioether (sulfide) groups is 1. The van der Waals surface area contributed by atoms with Gasteiger partial charge in [-0.1, -0.05) is 113 Å². The smallest absolute Gasteiger partial charge is 0.192 e. The predicted octanol–water partition coefficient (Wildman–Crippen LogP) is 11.3. The number of hydrogen-bond acceptors (Lipinski definition) is 3. The van der Waals surface area contributed by atoms with E-state index >= 15 is 0 Å². The average molecular weight is 628 g/mol. The van der Waals surface area contributed by atoms with Crippen LogP contribution in [0.2, 0.25) is 36.3 Å². The van der Waals surface area contributed by atoms with Crippen molar-refractivity contribution < 1.29 is 8.85 Å². The van der Waals surface area contributed by atoms with Crippen LogP contribution in [-0.2, 0) is 8.85 Å². The third kappa shape index (κ3) is 9.90. The van der Waals surface area contributed by atoms with Gasteiger partial charge < -0.3 is 8.85 Å². The van der Waals surface area contributed by atoms with E-state index in [4.69, 9.17) is 32.1 Å². The van der Waals surface area contributed by atoms with Crippen LogP contribution in [0.5, 0.6) is 0 Å². The van der Waals surface area contributed by atoms with Gasteiger partial charge in [0.2, 0.25) is 0 Å². The lowest BCUT2D eigenvalue weighted by Gasteiger charge is -2.40. The molecule has 0 saturated carbocycles. The van der Waals surface area contributed by atoms with E-state index in [1.54, 1.807) is 0 Å². The molecule has 0 heterocycles. The first-order valence-corrected chi connectivity index (χ1v) is 21.5. The van der Waals surface area contributed by atoms with Gasteiger partial charge in [0.15, 0.2) is 16.6 Å². The molecule has 0 aliphatic heterocycles. The molecule has 0 amide bonds. The Bertz CT molecular complexity index is 961. The van der Waals surface area contributed by atoms with Crippen molar-refractivity contribution in [1.82, 2.24) is 0 Å². The van der Waals surface area contributed by atoms with Crippen LogP contribution in [0.25, 0.3) is 0 Å². The fourth-order valence-electron chi connectivity index (χ4n) is 4.01. The maximum absolute atomic E-state index is 6.65. The first-order valence-electron chi connectivity index (χ1n) is 14.2. The number of allylic oxidation sites excluding steroid dienone is 6. The van der Waals surface area contributed by atoms with Crippen molar-refractivity contribution in [3.05, 3.63) is 70.8 Å². The summed E-state index contributed by atoms with van der Waals surface area (Å²) in [6.45, 7) is 27.2. The Hall–Kier alpha value is -0.276. The van der Waals surface area contributed by atoms with E-state index in [0.717, 1.165) is 22.9 Å². The van der Waals surface area contributed by atoms with E-state index in [0.29, 0.717) is 0 Å². The highest BCUT2D eigenvalue weighted by Gasteiger charge is 2.41. The number of halogens is 2. The molecular formula is C32H52Cl2O2SSi2. The minimum Gasteiger partial charge on any atom is -0.411 e. The summed E-state index contributed by atoms with van der Waals surface area (Å²) >= 11 is 14.7. The van der Waals surface area contributed by atoms with E-state index in [9.17, 15) is 0 Å². The lowest BCUT2D eigenvalue weighted by Crippen LogP contribution is -2.43. The molecule has 0 aromatic heterocycles. The predicted molar refractivity (Wildman–Crippen MR) is 182 cm³/mol. The van der Waals surface area contributed by atoms with E-state index in [1.165, 1.54) is 0 Å². The molecule has 7 heteroatoms. The molecule has 4 unspecified atom stereocenters. The van der Waals surface area contributed by atoms with E-state index < -0.39 is 16.6 Å². The summed E-state index contributed by atoms with van der Waals surface area (Å²) < 4.78 is 12.8. The zero-order chi connectivity index (χ0) is 29.9. The number of hydrogen-bond donors (Lipinski definition) is 0. The Balaban J connectivity index is 2.37. The van der Waals surface area contributed by atoms with Crippen LogP contribution in [0.1, 0.15) is 68.2 Å². The minimum absolute atomic E-state index is 0.0267. The van der Waals surface area contributed by atoms with Crippen LogP contribution in [0.3, 0.4) is 0 Å². The molecule has 0 fully saturated rings. The topological polar surface area (TPSA) is 18.5 Å². The summed E-state index contributed by atoms with van der Waals surface area (Å²) in [7, 11) is -3.76. The van der Waals surface area contributed by atoms with E-state index in [1.807, 2.05) is 23.9 Å². The standard InChI is InChI=1S/C32H52Cl2O2SSi2/c1-25(35-38(9,10)29(3,4)5)13-19-31(21-15-27(33)16-22-31)37-32(23-17-28(34)18-24-32)20-14-26(2)36-39(11,12)30(6,7)8/h13-21,23,25-26H,22,24H2,1-12H3. The first kappa shape index (κ1) is 34.9. The summed E-state index contributed by atoms with van der Waals surface area (Å²) in [5.74, 6) is 0. The molecule has 2 aliphatic carbocycles. The van der Waals surface area contributed by atoms with Crippen LogP contribution < -0.4 is 0 Å². The molecule has 0 bridgehead atoms. The molecule has 0 aromatic rings. The number of rotatable bonds is 10. The Morgan fingerprint density at radius 3 is 1.33 bits per heavy atom. The van der Waals surface area contributed by atoms with Crippen LogP contribution >= 0.6 is 35.0 Å². The van der Waals surface area contributed by atoms with Gasteiger partial charge in [-0.3, -0.25) is 0 Å². The van der Waals surface area contributed by atoms with Gasteiger partial charge in [0.05, 0.1) is 21.7 Å². The van der Waals surface area contributed by atoms with Crippen molar-refractivity contribution in [2.24, 2.45) is 0 Å². The lowest BCUT2D eigenvalue weighted by molar-refractivity contribution is 0.242. The van der Waals surface area contributed by atoms with Crippen molar-refractivity contribution in [1.29, 1.82) is 0 Å². The van der Waals surface area contributed by atoms with Crippen LogP contribution in [0.4, 0.5) is 0 Å². The molecule has 0 aromatic carbocycles. The van der Waals surface area contributed by atoms with E-state index in [-0.39, 0.29) is 31.8 Å². The largest absolute Gasteiger partial charge is 0.411 e. The van der Waals surface area contributed by atoms with Crippen LogP contribution in [0.15, 0.2) is 70.8 Å². The molecule has 220 valence electrons. The van der Waals surface area contributed by atoms with Crippen LogP contribution in [0, 0.1) is 0 Å². The molecule has 0 N–H and O–H groups in total. The van der Waals surface area contributed by atoms with Gasteiger partial charge in [0.1, 0.15) is 0 Å². The van der Waals surface area contributed by atoms with Gasteiger partial charge >= 0.3 is 0 Å². The quantitative estimate of drug-likeness (QED) is 0.177. The highest BCUT2D eigenvalue weighted by Crippen LogP contribution is 2.49. The van der Waals surface area contributed by atoms with Gasteiger partial charge in [0.25, 0.3) is 0 Å². The molecule has 2 nitrogen and oxygen atoms in total. The summed E-state index contributed by atoms with van der Waals surface area (Å²) in [5.41, 5.74) is 0. The van der Waals surface area contributed by atoms with Gasteiger partial charge in [-0.2, -0.15) is 0 Å².